The van der Waals surface area contributed by atoms with E-state index in [4.69, 9.17) is 0 Å². The molecule has 6 nitrogen and oxygen atoms in total. The van der Waals surface area contributed by atoms with Crippen molar-refractivity contribution in [2.45, 2.75) is 19.3 Å². The first kappa shape index (κ1) is 16.0. The Bertz CT molecular complexity index is 1240. The molecule has 0 bridgehead atoms. The average molecular weight is 343 g/mol. The zero-order chi connectivity index (χ0) is 18.5. The summed E-state index contributed by atoms with van der Waals surface area (Å²) in [7, 11) is 1.73. The largest absolute Gasteiger partial charge is 0.333 e. The predicted molar refractivity (Wildman–Crippen MR) is 100 cm³/mol. The Morgan fingerprint density at radius 2 is 1.85 bits per heavy atom. The zero-order valence-electron chi connectivity index (χ0n) is 14.8. The van der Waals surface area contributed by atoms with Crippen molar-refractivity contribution in [2.24, 2.45) is 7.05 Å². The lowest BCUT2D eigenvalue weighted by Gasteiger charge is -2.14. The van der Waals surface area contributed by atoms with Crippen molar-refractivity contribution in [3.63, 3.8) is 0 Å². The molecule has 0 atom stereocenters. The van der Waals surface area contributed by atoms with Gasteiger partial charge in [0.25, 0.3) is 0 Å². The van der Waals surface area contributed by atoms with Crippen LogP contribution in [0.15, 0.2) is 53.6 Å². The molecule has 0 aliphatic carbocycles. The Kier molecular flexibility index (Phi) is 3.41. The standard InChI is InChI=1S/C20H17N5O/c1-20(2,12-21)17-9-8-13(10-23-17)25-18-14-6-4-5-7-15(14)22-11-16(18)24(3)19(25)26/h4-11H,1-3H3. The van der Waals surface area contributed by atoms with Gasteiger partial charge in [-0.1, -0.05) is 18.2 Å². The molecule has 0 saturated carbocycles. The van der Waals surface area contributed by atoms with Gasteiger partial charge in [-0.25, -0.2) is 4.79 Å². The van der Waals surface area contributed by atoms with E-state index in [1.165, 1.54) is 0 Å². The van der Waals surface area contributed by atoms with Gasteiger partial charge in [0, 0.05) is 12.4 Å². The van der Waals surface area contributed by atoms with E-state index >= 15 is 0 Å². The number of nitrogens with zero attached hydrogens (tertiary/aromatic N) is 5. The first-order chi connectivity index (χ1) is 12.4. The Hall–Kier alpha value is -3.46. The molecule has 1 aromatic carbocycles. The van der Waals surface area contributed by atoms with Crippen molar-refractivity contribution in [2.75, 3.05) is 0 Å². The van der Waals surface area contributed by atoms with Gasteiger partial charge in [0.15, 0.2) is 0 Å². The maximum absolute atomic E-state index is 12.9. The van der Waals surface area contributed by atoms with E-state index in [0.29, 0.717) is 11.4 Å². The van der Waals surface area contributed by atoms with E-state index in [2.05, 4.69) is 16.0 Å². The van der Waals surface area contributed by atoms with Crippen LogP contribution >= 0.6 is 0 Å². The zero-order valence-corrected chi connectivity index (χ0v) is 14.8. The van der Waals surface area contributed by atoms with Crippen LogP contribution < -0.4 is 5.69 Å². The van der Waals surface area contributed by atoms with E-state index in [0.717, 1.165) is 21.9 Å². The first-order valence-electron chi connectivity index (χ1n) is 8.27. The minimum absolute atomic E-state index is 0.160. The van der Waals surface area contributed by atoms with Gasteiger partial charge in [0.1, 0.15) is 0 Å². The highest BCUT2D eigenvalue weighted by Gasteiger charge is 2.22. The maximum Gasteiger partial charge on any atom is 0.333 e. The summed E-state index contributed by atoms with van der Waals surface area (Å²) in [6.45, 7) is 3.64. The number of hydrogen-bond donors (Lipinski definition) is 0. The Labute approximate surface area is 150 Å². The smallest absolute Gasteiger partial charge is 0.293 e. The normalized spacial score (nSPS) is 11.8. The molecule has 26 heavy (non-hydrogen) atoms. The molecule has 0 amide bonds. The summed E-state index contributed by atoms with van der Waals surface area (Å²) in [5.74, 6) is 0. The van der Waals surface area contributed by atoms with Gasteiger partial charge < -0.3 is 0 Å². The van der Waals surface area contributed by atoms with Crippen molar-refractivity contribution < 1.29 is 0 Å². The number of pyridine rings is 2. The number of fused-ring (bicyclic) bond motifs is 3. The third-order valence-electron chi connectivity index (χ3n) is 4.72. The van der Waals surface area contributed by atoms with Crippen molar-refractivity contribution in [1.29, 1.82) is 5.26 Å². The highest BCUT2D eigenvalue weighted by atomic mass is 16.1. The van der Waals surface area contributed by atoms with E-state index in [1.54, 1.807) is 34.6 Å². The fourth-order valence-electron chi connectivity index (χ4n) is 3.13. The number of aromatic nitrogens is 4. The van der Waals surface area contributed by atoms with Crippen LogP contribution in [0.2, 0.25) is 0 Å². The molecule has 0 aliphatic rings. The lowest BCUT2D eigenvalue weighted by molar-refractivity contribution is 0.658. The molecule has 0 fully saturated rings. The molecule has 0 N–H and O–H groups in total. The summed E-state index contributed by atoms with van der Waals surface area (Å²) in [6, 6.07) is 13.6. The SMILES string of the molecule is Cn1c(=O)n(-c2ccc(C(C)(C)C#N)nc2)c2c3ccccc3ncc21. The third kappa shape index (κ3) is 2.21. The number of para-hydroxylation sites is 1. The monoisotopic (exact) mass is 343 g/mol. The molecule has 4 aromatic rings. The lowest BCUT2D eigenvalue weighted by atomic mass is 9.91. The van der Waals surface area contributed by atoms with Gasteiger partial charge >= 0.3 is 5.69 Å². The number of rotatable bonds is 2. The molecular weight excluding hydrogens is 326 g/mol. The highest BCUT2D eigenvalue weighted by molar-refractivity contribution is 6.02. The lowest BCUT2D eigenvalue weighted by Crippen LogP contribution is -2.21. The summed E-state index contributed by atoms with van der Waals surface area (Å²) in [6.07, 6.45) is 3.36. The predicted octanol–water partition coefficient (Wildman–Crippen LogP) is 3.07. The minimum Gasteiger partial charge on any atom is -0.293 e. The fourth-order valence-corrected chi connectivity index (χ4v) is 3.13. The molecule has 3 heterocycles. The molecule has 3 aromatic heterocycles. The Morgan fingerprint density at radius 3 is 2.54 bits per heavy atom. The third-order valence-corrected chi connectivity index (χ3v) is 4.72. The summed E-state index contributed by atoms with van der Waals surface area (Å²) in [5, 5.41) is 10.2. The topological polar surface area (TPSA) is 76.5 Å². The molecule has 128 valence electrons. The maximum atomic E-state index is 12.9. The highest BCUT2D eigenvalue weighted by Crippen LogP contribution is 2.26. The van der Waals surface area contributed by atoms with Gasteiger partial charge in [-0.15, -0.1) is 0 Å². The van der Waals surface area contributed by atoms with Crippen LogP contribution in [-0.4, -0.2) is 19.1 Å². The van der Waals surface area contributed by atoms with Gasteiger partial charge in [0.2, 0.25) is 0 Å². The Balaban J connectivity index is 2.03. The van der Waals surface area contributed by atoms with Crippen LogP contribution in [0.5, 0.6) is 0 Å². The van der Waals surface area contributed by atoms with Gasteiger partial charge in [0.05, 0.1) is 51.8 Å². The van der Waals surface area contributed by atoms with Gasteiger partial charge in [-0.2, -0.15) is 5.26 Å². The van der Waals surface area contributed by atoms with Crippen LogP contribution in [0.3, 0.4) is 0 Å². The van der Waals surface area contributed by atoms with Crippen LogP contribution in [-0.2, 0) is 12.5 Å². The van der Waals surface area contributed by atoms with Crippen molar-refractivity contribution in [3.05, 3.63) is 65.0 Å². The second-order valence-corrected chi connectivity index (χ2v) is 6.82. The van der Waals surface area contributed by atoms with Gasteiger partial charge in [-0.3, -0.25) is 19.1 Å². The number of nitriles is 1. The first-order valence-corrected chi connectivity index (χ1v) is 8.27. The summed E-state index contributed by atoms with van der Waals surface area (Å²) < 4.78 is 3.23. The number of benzene rings is 1. The molecule has 0 radical (unpaired) electrons. The van der Waals surface area contributed by atoms with Crippen LogP contribution in [0, 0.1) is 11.3 Å². The number of aryl methyl sites for hydroxylation is 1. The van der Waals surface area contributed by atoms with Crippen molar-refractivity contribution in [1.82, 2.24) is 19.1 Å². The number of imidazole rings is 1. The molecular formula is C20H17N5O. The second kappa shape index (κ2) is 5.53. The van der Waals surface area contributed by atoms with Crippen LogP contribution in [0.25, 0.3) is 27.6 Å². The molecule has 0 aliphatic heterocycles. The van der Waals surface area contributed by atoms with Crippen LogP contribution in [0.1, 0.15) is 19.5 Å². The summed E-state index contributed by atoms with van der Waals surface area (Å²) in [5.41, 5.74) is 2.88. The molecule has 4 rings (SSSR count). The molecule has 0 spiro atoms. The minimum atomic E-state index is -0.682. The molecule has 0 unspecified atom stereocenters. The second-order valence-electron chi connectivity index (χ2n) is 6.82. The summed E-state index contributed by atoms with van der Waals surface area (Å²) in [4.78, 5) is 21.8. The van der Waals surface area contributed by atoms with E-state index in [9.17, 15) is 10.1 Å². The van der Waals surface area contributed by atoms with Crippen molar-refractivity contribution in [3.8, 4) is 11.8 Å². The molecule has 0 saturated heterocycles. The fraction of sp³-hybridized carbons (Fsp3) is 0.200. The van der Waals surface area contributed by atoms with E-state index < -0.39 is 5.41 Å². The average Bonchev–Trinajstić information content (AvgIpc) is 2.93. The number of hydrogen-bond acceptors (Lipinski definition) is 4. The quantitative estimate of drug-likeness (QED) is 0.560. The molecule has 6 heteroatoms. The summed E-state index contributed by atoms with van der Waals surface area (Å²) >= 11 is 0. The van der Waals surface area contributed by atoms with E-state index in [1.807, 2.05) is 44.2 Å². The van der Waals surface area contributed by atoms with Crippen molar-refractivity contribution >= 4 is 21.9 Å². The Morgan fingerprint density at radius 1 is 1.08 bits per heavy atom. The van der Waals surface area contributed by atoms with E-state index in [-0.39, 0.29) is 5.69 Å². The van der Waals surface area contributed by atoms with Gasteiger partial charge in [-0.05, 0) is 32.0 Å². The van der Waals surface area contributed by atoms with Crippen LogP contribution in [0.4, 0.5) is 0 Å².